The quantitative estimate of drug-likeness (QED) is 0.593. The summed E-state index contributed by atoms with van der Waals surface area (Å²) in [4.78, 5) is 15.9. The zero-order chi connectivity index (χ0) is 20.2. The van der Waals surface area contributed by atoms with Crippen LogP contribution in [0.4, 0.5) is 4.39 Å². The Kier molecular flexibility index (Phi) is 6.08. The zero-order valence-corrected chi connectivity index (χ0v) is 16.9. The van der Waals surface area contributed by atoms with Gasteiger partial charge < -0.3 is 4.74 Å². The first kappa shape index (κ1) is 19.8. The Labute approximate surface area is 172 Å². The molecule has 3 nitrogen and oxygen atoms in total. The van der Waals surface area contributed by atoms with Crippen LogP contribution >= 0.6 is 0 Å². The highest BCUT2D eigenvalue weighted by atomic mass is 19.1. The highest BCUT2D eigenvalue weighted by Gasteiger charge is 2.42. The van der Waals surface area contributed by atoms with E-state index in [9.17, 15) is 9.18 Å². The summed E-state index contributed by atoms with van der Waals surface area (Å²) < 4.78 is 18.8. The molecule has 0 amide bonds. The first-order valence-electron chi connectivity index (χ1n) is 10.6. The van der Waals surface area contributed by atoms with E-state index in [1.807, 2.05) is 18.2 Å². The summed E-state index contributed by atoms with van der Waals surface area (Å²) in [5.41, 5.74) is 2.63. The second-order valence-corrected chi connectivity index (χ2v) is 8.43. The van der Waals surface area contributed by atoms with Gasteiger partial charge in [0.05, 0.1) is 12.3 Å². The van der Waals surface area contributed by atoms with Crippen LogP contribution in [0.25, 0.3) is 17.2 Å². The molecule has 0 aliphatic heterocycles. The molecule has 0 radical (unpaired) electrons. The van der Waals surface area contributed by atoms with Crippen molar-refractivity contribution in [2.45, 2.75) is 39.0 Å². The van der Waals surface area contributed by atoms with E-state index in [4.69, 9.17) is 4.74 Å². The third-order valence-electron chi connectivity index (χ3n) is 6.55. The van der Waals surface area contributed by atoms with Crippen molar-refractivity contribution < 1.29 is 13.9 Å². The van der Waals surface area contributed by atoms with E-state index >= 15 is 0 Å². The fourth-order valence-electron chi connectivity index (χ4n) is 5.19. The second-order valence-electron chi connectivity index (χ2n) is 8.43. The van der Waals surface area contributed by atoms with E-state index in [1.54, 1.807) is 12.3 Å². The summed E-state index contributed by atoms with van der Waals surface area (Å²) in [6, 6.07) is 10.5. The van der Waals surface area contributed by atoms with Crippen molar-refractivity contribution in [3.8, 4) is 11.1 Å². The largest absolute Gasteiger partial charge is 0.466 e. The van der Waals surface area contributed by atoms with Crippen molar-refractivity contribution in [3.05, 3.63) is 60.2 Å². The van der Waals surface area contributed by atoms with Crippen molar-refractivity contribution in [1.82, 2.24) is 4.98 Å². The fraction of sp³-hybridized carbons (Fsp3) is 0.440. The van der Waals surface area contributed by atoms with Crippen molar-refractivity contribution in [1.29, 1.82) is 0 Å². The summed E-state index contributed by atoms with van der Waals surface area (Å²) in [6.45, 7) is 2.00. The number of ether oxygens (including phenoxy) is 1. The molecule has 4 rings (SSSR count). The predicted molar refractivity (Wildman–Crippen MR) is 112 cm³/mol. The Hall–Kier alpha value is -2.49. The lowest BCUT2D eigenvalue weighted by molar-refractivity contribution is -0.142. The molecule has 2 fully saturated rings. The van der Waals surface area contributed by atoms with Gasteiger partial charge in [-0.25, -0.2) is 4.39 Å². The molecule has 2 aliphatic carbocycles. The minimum atomic E-state index is -0.242. The monoisotopic (exact) mass is 393 g/mol. The number of hydrogen-bond acceptors (Lipinski definition) is 3. The number of hydrogen-bond donors (Lipinski definition) is 0. The topological polar surface area (TPSA) is 39.2 Å². The Morgan fingerprint density at radius 3 is 2.83 bits per heavy atom. The van der Waals surface area contributed by atoms with Gasteiger partial charge in [-0.15, -0.1) is 0 Å². The minimum absolute atomic E-state index is 0.197. The number of allylic oxidation sites excluding steroid dienone is 1. The van der Waals surface area contributed by atoms with E-state index < -0.39 is 0 Å². The van der Waals surface area contributed by atoms with Crippen molar-refractivity contribution >= 4 is 12.0 Å². The zero-order valence-electron chi connectivity index (χ0n) is 16.9. The van der Waals surface area contributed by atoms with Crippen LogP contribution in [-0.4, -0.2) is 17.6 Å². The maximum Gasteiger partial charge on any atom is 0.302 e. The van der Waals surface area contributed by atoms with Crippen LogP contribution in [0.2, 0.25) is 0 Å². The molecular weight excluding hydrogens is 365 g/mol. The van der Waals surface area contributed by atoms with Crippen LogP contribution in [0.5, 0.6) is 0 Å². The summed E-state index contributed by atoms with van der Waals surface area (Å²) >= 11 is 0. The molecule has 0 spiro atoms. The average molecular weight is 394 g/mol. The van der Waals surface area contributed by atoms with E-state index in [1.165, 1.54) is 44.7 Å². The number of pyridine rings is 1. The molecule has 2 aromatic rings. The molecule has 1 aromatic heterocycles. The molecule has 152 valence electrons. The lowest BCUT2D eigenvalue weighted by Crippen LogP contribution is -2.21. The number of carbonyl (C=O) groups is 1. The van der Waals surface area contributed by atoms with Crippen LogP contribution in [0.1, 0.15) is 44.7 Å². The number of esters is 1. The normalized spacial score (nSPS) is 26.4. The Morgan fingerprint density at radius 2 is 2.07 bits per heavy atom. The molecule has 0 unspecified atom stereocenters. The molecule has 2 saturated carbocycles. The predicted octanol–water partition coefficient (Wildman–Crippen LogP) is 5.91. The van der Waals surface area contributed by atoms with Crippen LogP contribution in [0.3, 0.4) is 0 Å². The molecule has 1 heterocycles. The number of benzene rings is 1. The number of nitrogens with zero attached hydrogens (tertiary/aromatic N) is 1. The molecule has 0 saturated heterocycles. The minimum Gasteiger partial charge on any atom is -0.466 e. The van der Waals surface area contributed by atoms with E-state index in [0.717, 1.165) is 29.2 Å². The lowest BCUT2D eigenvalue weighted by Gasteiger charge is -2.28. The van der Waals surface area contributed by atoms with Crippen LogP contribution in [-0.2, 0) is 9.53 Å². The highest BCUT2D eigenvalue weighted by molar-refractivity contribution is 5.66. The van der Waals surface area contributed by atoms with Gasteiger partial charge in [0.2, 0.25) is 0 Å². The van der Waals surface area contributed by atoms with Gasteiger partial charge in [0.15, 0.2) is 0 Å². The number of halogens is 1. The van der Waals surface area contributed by atoms with Gasteiger partial charge in [0.25, 0.3) is 0 Å². The third kappa shape index (κ3) is 4.75. The SMILES string of the molecule is CC(=O)OC[C@H]1C[C@H]2CCCC[C@H]2[C@@H]1C=Cc1ccc(-c2cccc(F)c2)cn1. The van der Waals surface area contributed by atoms with Crippen molar-refractivity contribution in [3.63, 3.8) is 0 Å². The number of fused-ring (bicyclic) bond motifs is 1. The summed E-state index contributed by atoms with van der Waals surface area (Å²) in [7, 11) is 0. The smallest absolute Gasteiger partial charge is 0.302 e. The first-order valence-corrected chi connectivity index (χ1v) is 10.6. The maximum absolute atomic E-state index is 13.4. The molecule has 1 aromatic carbocycles. The highest BCUT2D eigenvalue weighted by Crippen LogP contribution is 2.49. The van der Waals surface area contributed by atoms with Gasteiger partial charge in [0.1, 0.15) is 5.82 Å². The molecule has 4 atom stereocenters. The van der Waals surface area contributed by atoms with Crippen molar-refractivity contribution in [2.24, 2.45) is 23.7 Å². The van der Waals surface area contributed by atoms with E-state index in [0.29, 0.717) is 24.4 Å². The molecule has 2 aliphatic rings. The summed E-state index contributed by atoms with van der Waals surface area (Å²) in [6.07, 6.45) is 12.5. The molecule has 0 N–H and O–H groups in total. The number of aromatic nitrogens is 1. The lowest BCUT2D eigenvalue weighted by atomic mass is 9.77. The molecule has 4 heteroatoms. The van der Waals surface area contributed by atoms with Gasteiger partial charge in [-0.1, -0.05) is 43.5 Å². The van der Waals surface area contributed by atoms with Gasteiger partial charge >= 0.3 is 5.97 Å². The maximum atomic E-state index is 13.4. The van der Waals surface area contributed by atoms with Crippen LogP contribution < -0.4 is 0 Å². The van der Waals surface area contributed by atoms with Crippen LogP contribution in [0.15, 0.2) is 48.7 Å². The number of carbonyl (C=O) groups excluding carboxylic acids is 1. The molecule has 0 bridgehead atoms. The Morgan fingerprint density at radius 1 is 1.21 bits per heavy atom. The van der Waals surface area contributed by atoms with E-state index in [-0.39, 0.29) is 11.8 Å². The standard InChI is InChI=1S/C25H28FNO2/c1-17(28)29-16-21-13-19-5-2-3-8-24(19)25(21)12-11-23-10-9-20(15-27-23)18-6-4-7-22(26)14-18/h4,6-7,9-12,14-15,19,21,24-25H,2-3,5,8,13,16H2,1H3/t19-,21-,24-,25-/m1/s1. The third-order valence-corrected chi connectivity index (χ3v) is 6.55. The molecular formula is C25H28FNO2. The second kappa shape index (κ2) is 8.89. The van der Waals surface area contributed by atoms with Gasteiger partial charge in [-0.3, -0.25) is 9.78 Å². The Bertz CT molecular complexity index is 877. The summed E-state index contributed by atoms with van der Waals surface area (Å²) in [5, 5.41) is 0. The van der Waals surface area contributed by atoms with Crippen LogP contribution in [0, 0.1) is 29.5 Å². The fourth-order valence-corrected chi connectivity index (χ4v) is 5.19. The average Bonchev–Trinajstić information content (AvgIpc) is 3.08. The Balaban J connectivity index is 1.48. The number of rotatable bonds is 5. The first-order chi connectivity index (χ1) is 14.1. The summed E-state index contributed by atoms with van der Waals surface area (Å²) in [5.74, 6) is 1.83. The molecule has 29 heavy (non-hydrogen) atoms. The van der Waals surface area contributed by atoms with Gasteiger partial charge in [0, 0.05) is 18.7 Å². The van der Waals surface area contributed by atoms with Crippen molar-refractivity contribution in [2.75, 3.05) is 6.61 Å². The van der Waals surface area contributed by atoms with E-state index in [2.05, 4.69) is 17.1 Å². The van der Waals surface area contributed by atoms with Gasteiger partial charge in [-0.2, -0.15) is 0 Å². The van der Waals surface area contributed by atoms with Gasteiger partial charge in [-0.05, 0) is 66.4 Å².